The number of aromatic nitrogens is 3. The zero-order valence-electron chi connectivity index (χ0n) is 7.60. The number of hydrogen-bond acceptors (Lipinski definition) is 4. The lowest BCUT2D eigenvalue weighted by atomic mass is 10.2. The van der Waals surface area contributed by atoms with Crippen molar-refractivity contribution < 1.29 is 0 Å². The molecule has 0 bridgehead atoms. The van der Waals surface area contributed by atoms with Crippen molar-refractivity contribution in [3.05, 3.63) is 24.3 Å². The van der Waals surface area contributed by atoms with Crippen molar-refractivity contribution in [1.82, 2.24) is 15.4 Å². The predicted molar refractivity (Wildman–Crippen MR) is 51.7 cm³/mol. The summed E-state index contributed by atoms with van der Waals surface area (Å²) in [6.07, 6.45) is 0. The van der Waals surface area contributed by atoms with Crippen molar-refractivity contribution in [2.24, 2.45) is 0 Å². The first-order chi connectivity index (χ1) is 6.29. The molecule has 0 saturated heterocycles. The molecule has 66 valence electrons. The highest BCUT2D eigenvalue weighted by Gasteiger charge is 2.04. The Kier molecular flexibility index (Phi) is 1.81. The predicted octanol–water partition coefficient (Wildman–Crippen LogP) is 1.09. The first kappa shape index (κ1) is 7.91. The van der Waals surface area contributed by atoms with Gasteiger partial charge in [0.1, 0.15) is 0 Å². The van der Waals surface area contributed by atoms with E-state index in [1.807, 2.05) is 43.3 Å². The van der Waals surface area contributed by atoms with Crippen LogP contribution in [0.15, 0.2) is 24.3 Å². The average molecular weight is 174 g/mol. The monoisotopic (exact) mass is 174 g/mol. The molecule has 0 aliphatic carbocycles. The van der Waals surface area contributed by atoms with Crippen LogP contribution in [-0.2, 0) is 0 Å². The smallest absolute Gasteiger partial charge is 0.162 e. The number of nitrogens with zero attached hydrogens (tertiary/aromatic N) is 4. The van der Waals surface area contributed by atoms with Crippen LogP contribution in [-0.4, -0.2) is 29.5 Å². The van der Waals surface area contributed by atoms with Crippen LogP contribution in [0.25, 0.3) is 10.9 Å². The van der Waals surface area contributed by atoms with Gasteiger partial charge in [0.05, 0.1) is 5.52 Å². The van der Waals surface area contributed by atoms with Crippen LogP contribution in [0, 0.1) is 0 Å². The number of anilines is 1. The van der Waals surface area contributed by atoms with E-state index in [0.717, 1.165) is 16.7 Å². The van der Waals surface area contributed by atoms with E-state index in [0.29, 0.717) is 0 Å². The van der Waals surface area contributed by atoms with Crippen molar-refractivity contribution in [3.63, 3.8) is 0 Å². The van der Waals surface area contributed by atoms with E-state index in [-0.39, 0.29) is 0 Å². The van der Waals surface area contributed by atoms with Crippen LogP contribution >= 0.6 is 0 Å². The maximum Gasteiger partial charge on any atom is 0.162 e. The van der Waals surface area contributed by atoms with Gasteiger partial charge in [-0.15, -0.1) is 10.2 Å². The summed E-state index contributed by atoms with van der Waals surface area (Å²) in [5, 5.41) is 12.6. The van der Waals surface area contributed by atoms with Crippen molar-refractivity contribution in [2.75, 3.05) is 19.0 Å². The Bertz CT molecular complexity index is 419. The van der Waals surface area contributed by atoms with Crippen LogP contribution < -0.4 is 4.90 Å². The van der Waals surface area contributed by atoms with E-state index in [4.69, 9.17) is 0 Å². The molecule has 0 aliphatic heterocycles. The first-order valence-corrected chi connectivity index (χ1v) is 4.04. The standard InChI is InChI=1S/C9H10N4/c1-13(2)9-7-5-3-4-6-8(7)10-12-11-9/h3-6H,1-2H3. The molecule has 0 atom stereocenters. The van der Waals surface area contributed by atoms with Crippen LogP contribution in [0.1, 0.15) is 0 Å². The number of rotatable bonds is 1. The SMILES string of the molecule is CN(C)c1nnnc2ccccc12. The Hall–Kier alpha value is -1.71. The van der Waals surface area contributed by atoms with E-state index < -0.39 is 0 Å². The van der Waals surface area contributed by atoms with Crippen molar-refractivity contribution in [3.8, 4) is 0 Å². The second-order valence-electron chi connectivity index (χ2n) is 3.02. The van der Waals surface area contributed by atoms with E-state index in [2.05, 4.69) is 15.4 Å². The maximum atomic E-state index is 3.97. The lowest BCUT2D eigenvalue weighted by molar-refractivity contribution is 0.874. The minimum absolute atomic E-state index is 0.852. The van der Waals surface area contributed by atoms with Crippen LogP contribution in [0.4, 0.5) is 5.82 Å². The van der Waals surface area contributed by atoms with Gasteiger partial charge in [-0.25, -0.2) is 0 Å². The Morgan fingerprint density at radius 3 is 2.62 bits per heavy atom. The van der Waals surface area contributed by atoms with E-state index in [1.54, 1.807) is 0 Å². The molecule has 0 unspecified atom stereocenters. The second kappa shape index (κ2) is 2.97. The zero-order valence-corrected chi connectivity index (χ0v) is 7.60. The van der Waals surface area contributed by atoms with Gasteiger partial charge in [0.25, 0.3) is 0 Å². The summed E-state index contributed by atoms with van der Waals surface area (Å²) in [6, 6.07) is 7.83. The minimum atomic E-state index is 0.852. The van der Waals surface area contributed by atoms with Gasteiger partial charge in [0.2, 0.25) is 0 Å². The molecule has 1 aromatic carbocycles. The Balaban J connectivity index is 2.76. The molecule has 0 N–H and O–H groups in total. The van der Waals surface area contributed by atoms with Gasteiger partial charge in [-0.2, -0.15) is 0 Å². The minimum Gasteiger partial charge on any atom is -0.361 e. The van der Waals surface area contributed by atoms with Crippen LogP contribution in [0.3, 0.4) is 0 Å². The summed E-state index contributed by atoms with van der Waals surface area (Å²) in [7, 11) is 3.88. The zero-order chi connectivity index (χ0) is 9.26. The molecule has 0 spiro atoms. The molecule has 0 radical (unpaired) electrons. The molecule has 0 saturated carbocycles. The van der Waals surface area contributed by atoms with Gasteiger partial charge in [-0.05, 0) is 17.3 Å². The van der Waals surface area contributed by atoms with Crippen LogP contribution in [0.5, 0.6) is 0 Å². The molecule has 0 amide bonds. The fourth-order valence-electron chi connectivity index (χ4n) is 1.25. The molecular formula is C9H10N4. The molecule has 2 rings (SSSR count). The molecule has 1 aromatic heterocycles. The third-order valence-electron chi connectivity index (χ3n) is 1.86. The van der Waals surface area contributed by atoms with Crippen molar-refractivity contribution >= 4 is 16.7 Å². The first-order valence-electron chi connectivity index (χ1n) is 4.04. The summed E-state index contributed by atoms with van der Waals surface area (Å²) in [6.45, 7) is 0. The van der Waals surface area contributed by atoms with Gasteiger partial charge < -0.3 is 4.90 Å². The van der Waals surface area contributed by atoms with Gasteiger partial charge >= 0.3 is 0 Å². The summed E-state index contributed by atoms with van der Waals surface area (Å²) < 4.78 is 0. The van der Waals surface area contributed by atoms with Crippen LogP contribution in [0.2, 0.25) is 0 Å². The number of fused-ring (bicyclic) bond motifs is 1. The number of hydrogen-bond donors (Lipinski definition) is 0. The summed E-state index contributed by atoms with van der Waals surface area (Å²) in [4.78, 5) is 1.93. The lowest BCUT2D eigenvalue weighted by Gasteiger charge is -2.11. The Labute approximate surface area is 76.2 Å². The van der Waals surface area contributed by atoms with E-state index >= 15 is 0 Å². The normalized spacial score (nSPS) is 10.3. The van der Waals surface area contributed by atoms with Gasteiger partial charge in [-0.1, -0.05) is 12.1 Å². The molecule has 4 heteroatoms. The highest BCUT2D eigenvalue weighted by Crippen LogP contribution is 2.18. The van der Waals surface area contributed by atoms with Gasteiger partial charge in [0, 0.05) is 19.5 Å². The van der Waals surface area contributed by atoms with Gasteiger partial charge in [0.15, 0.2) is 5.82 Å². The quantitative estimate of drug-likeness (QED) is 0.649. The van der Waals surface area contributed by atoms with E-state index in [9.17, 15) is 0 Å². The molecule has 0 aliphatic rings. The molecule has 1 heterocycles. The number of benzene rings is 1. The largest absolute Gasteiger partial charge is 0.361 e. The fraction of sp³-hybridized carbons (Fsp3) is 0.222. The lowest BCUT2D eigenvalue weighted by Crippen LogP contribution is -2.12. The van der Waals surface area contributed by atoms with Crippen molar-refractivity contribution in [1.29, 1.82) is 0 Å². The summed E-state index contributed by atoms with van der Waals surface area (Å²) >= 11 is 0. The maximum absolute atomic E-state index is 3.97. The highest BCUT2D eigenvalue weighted by molar-refractivity contribution is 5.88. The van der Waals surface area contributed by atoms with Gasteiger partial charge in [-0.3, -0.25) is 0 Å². The Morgan fingerprint density at radius 2 is 1.85 bits per heavy atom. The molecule has 4 nitrogen and oxygen atoms in total. The second-order valence-corrected chi connectivity index (χ2v) is 3.02. The molecule has 2 aromatic rings. The summed E-state index contributed by atoms with van der Waals surface area (Å²) in [5.41, 5.74) is 0.876. The summed E-state index contributed by atoms with van der Waals surface area (Å²) in [5.74, 6) is 0.852. The highest BCUT2D eigenvalue weighted by atomic mass is 15.3. The molecule has 13 heavy (non-hydrogen) atoms. The van der Waals surface area contributed by atoms with Crippen molar-refractivity contribution in [2.45, 2.75) is 0 Å². The molecule has 0 fully saturated rings. The fourth-order valence-corrected chi connectivity index (χ4v) is 1.25. The van der Waals surface area contributed by atoms with E-state index in [1.165, 1.54) is 0 Å². The molecular weight excluding hydrogens is 164 g/mol. The Morgan fingerprint density at radius 1 is 1.08 bits per heavy atom. The third kappa shape index (κ3) is 1.30. The topological polar surface area (TPSA) is 41.9 Å². The average Bonchev–Trinajstić information content (AvgIpc) is 2.17. The third-order valence-corrected chi connectivity index (χ3v) is 1.86.